The summed E-state index contributed by atoms with van der Waals surface area (Å²) in [4.78, 5) is 12.0. The molecule has 0 saturated heterocycles. The van der Waals surface area contributed by atoms with Crippen molar-refractivity contribution in [3.05, 3.63) is 54.1 Å². The average molecular weight is 329 g/mol. The van der Waals surface area contributed by atoms with Crippen LogP contribution in [0.1, 0.15) is 5.56 Å². The monoisotopic (exact) mass is 329 g/mol. The predicted molar refractivity (Wildman–Crippen MR) is 94.1 cm³/mol. The van der Waals surface area contributed by atoms with Crippen molar-refractivity contribution >= 4 is 46.1 Å². The highest BCUT2D eigenvalue weighted by Gasteiger charge is 2.12. The Morgan fingerprint density at radius 1 is 1.09 bits per heavy atom. The fourth-order valence-corrected chi connectivity index (χ4v) is 3.42. The van der Waals surface area contributed by atoms with E-state index in [1.165, 1.54) is 5.56 Å². The van der Waals surface area contributed by atoms with Crippen LogP contribution in [-0.4, -0.2) is 17.4 Å². The molecular formula is C16H15N3OS2. The number of benzene rings is 2. The van der Waals surface area contributed by atoms with E-state index in [2.05, 4.69) is 26.2 Å². The number of carbonyl (C=O) groups excluding carboxylic acids is 1. The van der Waals surface area contributed by atoms with Crippen molar-refractivity contribution in [1.82, 2.24) is 0 Å². The van der Waals surface area contributed by atoms with Gasteiger partial charge in [-0.15, -0.1) is 0 Å². The minimum atomic E-state index is -0.00133. The Labute approximate surface area is 137 Å². The molecule has 112 valence electrons. The summed E-state index contributed by atoms with van der Waals surface area (Å²) in [5.74, 6) is 1.37. The Morgan fingerprint density at radius 2 is 1.95 bits per heavy atom. The molecule has 6 heteroatoms. The van der Waals surface area contributed by atoms with Crippen molar-refractivity contribution < 1.29 is 4.79 Å². The smallest absolute Gasteiger partial charge is 0.234 e. The molecule has 22 heavy (non-hydrogen) atoms. The molecule has 0 spiro atoms. The van der Waals surface area contributed by atoms with Crippen LogP contribution < -0.4 is 5.32 Å². The number of nitrogens with one attached hydrogen (secondary N) is 1. The quantitative estimate of drug-likeness (QED) is 0.684. The second kappa shape index (κ2) is 7.38. The van der Waals surface area contributed by atoms with Gasteiger partial charge in [0.1, 0.15) is 11.4 Å². The highest BCUT2D eigenvalue weighted by Crippen LogP contribution is 2.38. The van der Waals surface area contributed by atoms with Gasteiger partial charge in [0.05, 0.1) is 22.8 Å². The van der Waals surface area contributed by atoms with Crippen LogP contribution in [0.25, 0.3) is 0 Å². The number of thioether (sulfide) groups is 1. The van der Waals surface area contributed by atoms with Gasteiger partial charge < -0.3 is 5.32 Å². The fraction of sp³-hybridized carbons (Fsp3) is 0.188. The maximum Gasteiger partial charge on any atom is 0.234 e. The van der Waals surface area contributed by atoms with Crippen LogP contribution in [0.2, 0.25) is 0 Å². The number of hydrogen-bond donors (Lipinski definition) is 1. The van der Waals surface area contributed by atoms with Crippen molar-refractivity contribution in [1.29, 1.82) is 0 Å². The first kappa shape index (κ1) is 15.0. The Bertz CT molecular complexity index is 740. The molecule has 3 rings (SSSR count). The molecule has 0 aromatic heterocycles. The van der Waals surface area contributed by atoms with Crippen LogP contribution in [0.15, 0.2) is 57.3 Å². The molecule has 1 amide bonds. The van der Waals surface area contributed by atoms with Crippen molar-refractivity contribution in [2.24, 2.45) is 8.73 Å². The summed E-state index contributed by atoms with van der Waals surface area (Å²) in [6.45, 7) is 0. The van der Waals surface area contributed by atoms with Crippen LogP contribution in [0.5, 0.6) is 0 Å². The van der Waals surface area contributed by atoms with E-state index >= 15 is 0 Å². The normalized spacial score (nSPS) is 11.8. The van der Waals surface area contributed by atoms with Gasteiger partial charge in [0.25, 0.3) is 0 Å². The minimum absolute atomic E-state index is 0.00133. The molecule has 0 atom stereocenters. The largest absolute Gasteiger partial charge is 0.323 e. The third-order valence-corrected chi connectivity index (χ3v) is 4.67. The van der Waals surface area contributed by atoms with Gasteiger partial charge >= 0.3 is 0 Å². The lowest BCUT2D eigenvalue weighted by Crippen LogP contribution is -2.14. The molecule has 0 radical (unpaired) electrons. The second-order valence-electron chi connectivity index (χ2n) is 4.77. The summed E-state index contributed by atoms with van der Waals surface area (Å²) < 4.78 is 8.39. The summed E-state index contributed by atoms with van der Waals surface area (Å²) in [6, 6.07) is 15.9. The van der Waals surface area contributed by atoms with Gasteiger partial charge in [-0.2, -0.15) is 20.5 Å². The zero-order valence-electron chi connectivity index (χ0n) is 11.9. The zero-order chi connectivity index (χ0) is 15.2. The first-order chi connectivity index (χ1) is 10.8. The number of fused-ring (bicyclic) bond motifs is 1. The lowest BCUT2D eigenvalue weighted by atomic mass is 10.2. The van der Waals surface area contributed by atoms with E-state index in [4.69, 9.17) is 0 Å². The molecule has 1 aliphatic rings. The number of rotatable bonds is 6. The first-order valence-electron chi connectivity index (χ1n) is 6.96. The number of aryl methyl sites for hydroxylation is 1. The van der Waals surface area contributed by atoms with E-state index in [9.17, 15) is 4.79 Å². The molecule has 1 N–H and O–H groups in total. The summed E-state index contributed by atoms with van der Waals surface area (Å²) in [6.07, 6.45) is 0.977. The Morgan fingerprint density at radius 3 is 2.82 bits per heavy atom. The van der Waals surface area contributed by atoms with Crippen LogP contribution in [0.4, 0.5) is 17.1 Å². The molecule has 2 aromatic rings. The number of carbonyl (C=O) groups is 1. The molecule has 1 heterocycles. The lowest BCUT2D eigenvalue weighted by Gasteiger charge is -2.07. The average Bonchev–Trinajstić information content (AvgIpc) is 3.02. The maximum atomic E-state index is 12.0. The Hall–Kier alpha value is -1.92. The van der Waals surface area contributed by atoms with E-state index in [1.54, 1.807) is 11.8 Å². The highest BCUT2D eigenvalue weighted by atomic mass is 32.2. The minimum Gasteiger partial charge on any atom is -0.323 e. The first-order valence-corrected chi connectivity index (χ1v) is 8.84. The van der Waals surface area contributed by atoms with Gasteiger partial charge in [0, 0.05) is 0 Å². The molecule has 2 aromatic carbocycles. The molecule has 4 nitrogen and oxygen atoms in total. The van der Waals surface area contributed by atoms with Crippen molar-refractivity contribution in [2.45, 2.75) is 6.42 Å². The number of anilines is 1. The van der Waals surface area contributed by atoms with Crippen LogP contribution in [0.3, 0.4) is 0 Å². The topological polar surface area (TPSA) is 53.8 Å². The van der Waals surface area contributed by atoms with E-state index in [1.807, 2.05) is 36.4 Å². The lowest BCUT2D eigenvalue weighted by molar-refractivity contribution is -0.113. The second-order valence-corrected chi connectivity index (χ2v) is 6.41. The van der Waals surface area contributed by atoms with Gasteiger partial charge in [0.2, 0.25) is 5.91 Å². The summed E-state index contributed by atoms with van der Waals surface area (Å²) in [7, 11) is 0. The van der Waals surface area contributed by atoms with E-state index in [0.29, 0.717) is 5.75 Å². The Kier molecular flexibility index (Phi) is 5.03. The molecule has 0 fully saturated rings. The standard InChI is InChI=1S/C16H15N3OS2/c20-15(11-21-10-9-12-5-2-1-3-6-12)17-13-7-4-8-14-16(13)19-22-18-14/h1-8H,9-11H2,(H,17,20). The zero-order valence-corrected chi connectivity index (χ0v) is 13.5. The van der Waals surface area contributed by atoms with Crippen molar-refractivity contribution in [3.63, 3.8) is 0 Å². The third kappa shape index (κ3) is 3.84. The van der Waals surface area contributed by atoms with Crippen LogP contribution in [-0.2, 0) is 22.6 Å². The molecular weight excluding hydrogens is 314 g/mol. The van der Waals surface area contributed by atoms with Gasteiger partial charge in [-0.05, 0) is 29.9 Å². The van der Waals surface area contributed by atoms with E-state index in [-0.39, 0.29) is 5.91 Å². The van der Waals surface area contributed by atoms with E-state index < -0.39 is 0 Å². The summed E-state index contributed by atoms with van der Waals surface area (Å²) >= 11 is 2.79. The SMILES string of the molecule is O=C(CSCCc1ccccc1)Nc1cccc2c1N=S=N2. The third-order valence-electron chi connectivity index (χ3n) is 3.17. The fourth-order valence-electron chi connectivity index (χ4n) is 2.09. The number of hydrogen-bond acceptors (Lipinski definition) is 4. The number of amides is 1. The predicted octanol–water partition coefficient (Wildman–Crippen LogP) is 4.33. The molecule has 0 unspecified atom stereocenters. The Balaban J connectivity index is 1.46. The molecule has 1 aliphatic heterocycles. The summed E-state index contributed by atoms with van der Waals surface area (Å²) in [5, 5.41) is 2.91. The van der Waals surface area contributed by atoms with Gasteiger partial charge in [-0.1, -0.05) is 36.4 Å². The molecule has 0 bridgehead atoms. The highest BCUT2D eigenvalue weighted by molar-refractivity contribution is 7.99. The van der Waals surface area contributed by atoms with Gasteiger partial charge in [-0.3, -0.25) is 4.79 Å². The van der Waals surface area contributed by atoms with Crippen molar-refractivity contribution in [2.75, 3.05) is 16.8 Å². The van der Waals surface area contributed by atoms with Gasteiger partial charge in [-0.25, -0.2) is 0 Å². The molecule has 0 saturated carbocycles. The van der Waals surface area contributed by atoms with E-state index in [0.717, 1.165) is 40.6 Å². The van der Waals surface area contributed by atoms with Crippen LogP contribution >= 0.6 is 11.8 Å². The molecule has 0 aliphatic carbocycles. The van der Waals surface area contributed by atoms with Crippen LogP contribution in [0, 0.1) is 0 Å². The van der Waals surface area contributed by atoms with Gasteiger partial charge in [0.15, 0.2) is 0 Å². The number of nitrogens with zero attached hydrogens (tertiary/aromatic N) is 2. The summed E-state index contributed by atoms with van der Waals surface area (Å²) in [5.41, 5.74) is 3.61. The van der Waals surface area contributed by atoms with Crippen molar-refractivity contribution in [3.8, 4) is 0 Å². The maximum absolute atomic E-state index is 12.0.